The minimum absolute atomic E-state index is 0.00786. The van der Waals surface area contributed by atoms with Gasteiger partial charge in [-0.15, -0.1) is 0 Å². The van der Waals surface area contributed by atoms with E-state index in [0.717, 1.165) is 27.8 Å². The number of carbonyl (C=O) groups is 2. The van der Waals surface area contributed by atoms with Crippen LogP contribution in [0, 0.1) is 13.8 Å². The summed E-state index contributed by atoms with van der Waals surface area (Å²) in [5.74, 6) is 0.958. The van der Waals surface area contributed by atoms with Crippen molar-refractivity contribution in [3.63, 3.8) is 0 Å². The van der Waals surface area contributed by atoms with E-state index in [0.29, 0.717) is 17.1 Å². The number of hydrogen-bond acceptors (Lipinski definition) is 9. The van der Waals surface area contributed by atoms with E-state index in [9.17, 15) is 18.0 Å². The quantitative estimate of drug-likeness (QED) is 0.211. The highest BCUT2D eigenvalue weighted by atomic mass is 32.2. The molecule has 0 aromatic heterocycles. The molecule has 3 aromatic carbocycles. The summed E-state index contributed by atoms with van der Waals surface area (Å²) >= 11 is 0.827. The molecule has 0 spiro atoms. The van der Waals surface area contributed by atoms with Crippen LogP contribution in [0.15, 0.2) is 70.5 Å². The Bertz CT molecular complexity index is 1550. The van der Waals surface area contributed by atoms with Gasteiger partial charge in [-0.05, 0) is 97.8 Å². The zero-order valence-electron chi connectivity index (χ0n) is 22.5. The predicted octanol–water partition coefficient (Wildman–Crippen LogP) is 5.59. The van der Waals surface area contributed by atoms with Crippen molar-refractivity contribution in [3.8, 4) is 23.0 Å². The van der Waals surface area contributed by atoms with Crippen molar-refractivity contribution in [2.75, 3.05) is 26.9 Å². The zero-order chi connectivity index (χ0) is 28.9. The third kappa shape index (κ3) is 6.78. The summed E-state index contributed by atoms with van der Waals surface area (Å²) in [6.07, 6.45) is 1.56. The third-order valence-corrected chi connectivity index (χ3v) is 8.06. The molecule has 0 radical (unpaired) electrons. The van der Waals surface area contributed by atoms with Gasteiger partial charge in [-0.3, -0.25) is 14.5 Å². The summed E-state index contributed by atoms with van der Waals surface area (Å²) in [4.78, 5) is 26.9. The maximum Gasteiger partial charge on any atom is 0.339 e. The fourth-order valence-electron chi connectivity index (χ4n) is 3.81. The Morgan fingerprint density at radius 1 is 0.900 bits per heavy atom. The average molecular weight is 584 g/mol. The normalized spacial score (nSPS) is 14.5. The molecule has 9 nitrogen and oxygen atoms in total. The van der Waals surface area contributed by atoms with Gasteiger partial charge in [0.25, 0.3) is 11.1 Å². The van der Waals surface area contributed by atoms with Crippen LogP contribution in [0.2, 0.25) is 0 Å². The van der Waals surface area contributed by atoms with Crippen LogP contribution in [0.25, 0.3) is 6.08 Å². The van der Waals surface area contributed by atoms with Crippen molar-refractivity contribution in [1.82, 2.24) is 4.90 Å². The Balaban J connectivity index is 1.47. The lowest BCUT2D eigenvalue weighted by molar-refractivity contribution is -0.123. The van der Waals surface area contributed by atoms with Crippen molar-refractivity contribution in [3.05, 3.63) is 82.3 Å². The van der Waals surface area contributed by atoms with Gasteiger partial charge >= 0.3 is 10.1 Å². The fourth-order valence-corrected chi connectivity index (χ4v) is 5.62. The lowest BCUT2D eigenvalue weighted by Crippen LogP contribution is -2.32. The smallest absolute Gasteiger partial charge is 0.339 e. The summed E-state index contributed by atoms with van der Waals surface area (Å²) in [6.45, 7) is 6.16. The molecule has 0 aliphatic carbocycles. The molecular formula is C29H29NO8S2. The predicted molar refractivity (Wildman–Crippen MR) is 153 cm³/mol. The first-order valence-corrected chi connectivity index (χ1v) is 14.6. The molecule has 1 saturated heterocycles. The molecule has 0 bridgehead atoms. The number of hydrogen-bond donors (Lipinski definition) is 0. The summed E-state index contributed by atoms with van der Waals surface area (Å²) in [5.41, 5.74) is 2.56. The standard InChI is InChI=1S/C29H29NO8S2/c1-5-36-26-17-21(8-13-24(26)38-40(33,34)23-11-9-22(35-4)10-12-23)18-27-28(31)30(29(32)39-27)14-15-37-25-16-19(2)6-7-20(25)3/h6-13,16-18H,5,14-15H2,1-4H3/b27-18-. The van der Waals surface area contributed by atoms with Crippen LogP contribution in [0.5, 0.6) is 23.0 Å². The molecule has 210 valence electrons. The number of benzene rings is 3. The van der Waals surface area contributed by atoms with Gasteiger partial charge in [-0.1, -0.05) is 18.2 Å². The molecule has 1 heterocycles. The van der Waals surface area contributed by atoms with Crippen molar-refractivity contribution in [2.24, 2.45) is 0 Å². The topological polar surface area (TPSA) is 108 Å². The molecule has 2 amide bonds. The van der Waals surface area contributed by atoms with Crippen molar-refractivity contribution in [1.29, 1.82) is 0 Å². The van der Waals surface area contributed by atoms with Gasteiger partial charge in [0.2, 0.25) is 0 Å². The second kappa shape index (κ2) is 12.5. The van der Waals surface area contributed by atoms with Crippen molar-refractivity contribution in [2.45, 2.75) is 25.7 Å². The first kappa shape index (κ1) is 29.0. The Hall–Kier alpha value is -3.96. The number of carbonyl (C=O) groups excluding carboxylic acids is 2. The molecule has 0 saturated carbocycles. The number of aryl methyl sites for hydroxylation is 2. The molecule has 1 aliphatic rings. The Morgan fingerprint density at radius 3 is 2.35 bits per heavy atom. The summed E-state index contributed by atoms with van der Waals surface area (Å²) in [5, 5.41) is -0.392. The van der Waals surface area contributed by atoms with Gasteiger partial charge < -0.3 is 18.4 Å². The number of thioether (sulfide) groups is 1. The van der Waals surface area contributed by atoms with E-state index < -0.39 is 21.3 Å². The number of nitrogens with zero attached hydrogens (tertiary/aromatic N) is 1. The van der Waals surface area contributed by atoms with Crippen molar-refractivity contribution >= 4 is 39.1 Å². The SMILES string of the molecule is CCOc1cc(/C=C2\SC(=O)N(CCOc3cc(C)ccc3C)C2=O)ccc1OS(=O)(=O)c1ccc(OC)cc1. The molecule has 1 fully saturated rings. The van der Waals surface area contributed by atoms with Crippen LogP contribution in [0.3, 0.4) is 0 Å². The van der Waals surface area contributed by atoms with Crippen molar-refractivity contribution < 1.29 is 36.4 Å². The van der Waals surface area contributed by atoms with E-state index >= 15 is 0 Å². The number of methoxy groups -OCH3 is 1. The van der Waals surface area contributed by atoms with Gasteiger partial charge in [0, 0.05) is 0 Å². The maximum atomic E-state index is 13.0. The molecule has 0 unspecified atom stereocenters. The van der Waals surface area contributed by atoms with Crippen LogP contribution >= 0.6 is 11.8 Å². The van der Waals surface area contributed by atoms with Crippen LogP contribution in [-0.4, -0.2) is 51.3 Å². The van der Waals surface area contributed by atoms with E-state index in [1.165, 1.54) is 37.4 Å². The first-order valence-electron chi connectivity index (χ1n) is 12.4. The number of amides is 2. The van der Waals surface area contributed by atoms with E-state index in [1.54, 1.807) is 25.1 Å². The molecule has 3 aromatic rings. The molecule has 11 heteroatoms. The highest BCUT2D eigenvalue weighted by Crippen LogP contribution is 2.36. The fraction of sp³-hybridized carbons (Fsp3) is 0.241. The lowest BCUT2D eigenvalue weighted by Gasteiger charge is -2.14. The lowest BCUT2D eigenvalue weighted by atomic mass is 10.1. The minimum Gasteiger partial charge on any atom is -0.497 e. The molecule has 1 aliphatic heterocycles. The summed E-state index contributed by atoms with van der Waals surface area (Å²) < 4.78 is 47.5. The molecule has 0 N–H and O–H groups in total. The highest BCUT2D eigenvalue weighted by Gasteiger charge is 2.35. The molecule has 4 rings (SSSR count). The van der Waals surface area contributed by atoms with Crippen LogP contribution in [0.1, 0.15) is 23.6 Å². The second-order valence-electron chi connectivity index (χ2n) is 8.80. The molecule has 40 heavy (non-hydrogen) atoms. The largest absolute Gasteiger partial charge is 0.497 e. The van der Waals surface area contributed by atoms with Crippen LogP contribution in [-0.2, 0) is 14.9 Å². The second-order valence-corrected chi connectivity index (χ2v) is 11.3. The zero-order valence-corrected chi connectivity index (χ0v) is 24.1. The van der Waals surface area contributed by atoms with E-state index in [-0.39, 0.29) is 41.1 Å². The Morgan fingerprint density at radius 2 is 1.65 bits per heavy atom. The van der Waals surface area contributed by atoms with Gasteiger partial charge in [0.05, 0.1) is 25.2 Å². The highest BCUT2D eigenvalue weighted by molar-refractivity contribution is 8.18. The van der Waals surface area contributed by atoms with Gasteiger partial charge in [0.15, 0.2) is 11.5 Å². The molecule has 0 atom stereocenters. The third-order valence-electron chi connectivity index (χ3n) is 5.90. The van der Waals surface area contributed by atoms with Gasteiger partial charge in [0.1, 0.15) is 23.0 Å². The summed E-state index contributed by atoms with van der Waals surface area (Å²) in [7, 11) is -2.66. The van der Waals surface area contributed by atoms with E-state index in [2.05, 4.69) is 0 Å². The maximum absolute atomic E-state index is 13.0. The number of rotatable bonds is 11. The van der Waals surface area contributed by atoms with E-state index in [1.807, 2.05) is 32.0 Å². The Kier molecular flexibility index (Phi) is 9.06. The summed E-state index contributed by atoms with van der Waals surface area (Å²) in [6, 6.07) is 16.2. The average Bonchev–Trinajstić information content (AvgIpc) is 3.19. The number of ether oxygens (including phenoxy) is 3. The monoisotopic (exact) mass is 583 g/mol. The van der Waals surface area contributed by atoms with Gasteiger partial charge in [-0.25, -0.2) is 0 Å². The van der Waals surface area contributed by atoms with Crippen LogP contribution < -0.4 is 18.4 Å². The number of imide groups is 1. The molecular weight excluding hydrogens is 554 g/mol. The van der Waals surface area contributed by atoms with Crippen LogP contribution in [0.4, 0.5) is 4.79 Å². The van der Waals surface area contributed by atoms with E-state index in [4.69, 9.17) is 18.4 Å². The minimum atomic E-state index is -4.14. The Labute approximate surface area is 237 Å². The van der Waals surface area contributed by atoms with Gasteiger partial charge in [-0.2, -0.15) is 8.42 Å². The first-order chi connectivity index (χ1) is 19.1.